The Labute approximate surface area is 129 Å². The van der Waals surface area contributed by atoms with Crippen molar-refractivity contribution in [3.05, 3.63) is 29.6 Å². The van der Waals surface area contributed by atoms with Gasteiger partial charge in [-0.25, -0.2) is 4.39 Å². The Kier molecular flexibility index (Phi) is 5.13. The van der Waals surface area contributed by atoms with E-state index in [2.05, 4.69) is 4.72 Å². The van der Waals surface area contributed by atoms with Crippen molar-refractivity contribution in [1.29, 1.82) is 0 Å². The van der Waals surface area contributed by atoms with Gasteiger partial charge in [0.15, 0.2) is 0 Å². The number of thiocarbonyl (C=S) groups is 1. The van der Waals surface area contributed by atoms with Crippen LogP contribution >= 0.6 is 12.2 Å². The van der Waals surface area contributed by atoms with E-state index in [1.54, 1.807) is 0 Å². The zero-order valence-electron chi connectivity index (χ0n) is 11.5. The van der Waals surface area contributed by atoms with Gasteiger partial charge in [0.1, 0.15) is 10.8 Å². The molecule has 3 N–H and O–H groups in total. The second-order valence-electron chi connectivity index (χ2n) is 4.95. The van der Waals surface area contributed by atoms with Gasteiger partial charge in [-0.2, -0.15) is 12.7 Å². The van der Waals surface area contributed by atoms with Crippen molar-refractivity contribution >= 4 is 33.1 Å². The van der Waals surface area contributed by atoms with E-state index in [1.165, 1.54) is 22.5 Å². The van der Waals surface area contributed by atoms with Gasteiger partial charge in [0.25, 0.3) is 0 Å². The van der Waals surface area contributed by atoms with Crippen LogP contribution in [0.3, 0.4) is 0 Å². The van der Waals surface area contributed by atoms with Crippen molar-refractivity contribution in [3.8, 4) is 0 Å². The highest BCUT2D eigenvalue weighted by Gasteiger charge is 2.24. The molecule has 0 radical (unpaired) electrons. The minimum absolute atomic E-state index is 0.0757. The first-order valence-electron chi connectivity index (χ1n) is 6.78. The summed E-state index contributed by atoms with van der Waals surface area (Å²) >= 11 is 4.79. The second kappa shape index (κ2) is 6.67. The molecule has 1 heterocycles. The van der Waals surface area contributed by atoms with E-state index in [0.717, 1.165) is 25.7 Å². The average Bonchev–Trinajstić information content (AvgIpc) is 2.67. The van der Waals surface area contributed by atoms with Gasteiger partial charge in [-0.15, -0.1) is 0 Å². The van der Waals surface area contributed by atoms with Crippen molar-refractivity contribution in [2.24, 2.45) is 5.73 Å². The molecule has 0 bridgehead atoms. The van der Waals surface area contributed by atoms with Gasteiger partial charge in [-0.3, -0.25) is 4.72 Å². The predicted octanol–water partition coefficient (Wildman–Crippen LogP) is 1.99. The van der Waals surface area contributed by atoms with E-state index in [-0.39, 0.29) is 16.2 Å². The Morgan fingerprint density at radius 3 is 2.43 bits per heavy atom. The lowest BCUT2D eigenvalue weighted by Crippen LogP contribution is -2.37. The van der Waals surface area contributed by atoms with E-state index in [4.69, 9.17) is 18.0 Å². The molecule has 0 unspecified atom stereocenters. The summed E-state index contributed by atoms with van der Waals surface area (Å²) in [4.78, 5) is -0.179. The lowest BCUT2D eigenvalue weighted by Gasteiger charge is -2.21. The third-order valence-corrected chi connectivity index (χ3v) is 5.13. The molecule has 116 valence electrons. The summed E-state index contributed by atoms with van der Waals surface area (Å²) in [5.41, 5.74) is 5.48. The standard InChI is InChI=1S/C13H18FN3O2S2/c14-10-6-5-7-11(12(10)13(15)20)16-21(18,19)17-8-3-1-2-4-9-17/h5-7,16H,1-4,8-9H2,(H2,15,20). The molecule has 1 aliphatic rings. The number of benzene rings is 1. The van der Waals surface area contributed by atoms with Crippen molar-refractivity contribution < 1.29 is 12.8 Å². The summed E-state index contributed by atoms with van der Waals surface area (Å²) in [6.07, 6.45) is 3.69. The third-order valence-electron chi connectivity index (χ3n) is 3.40. The van der Waals surface area contributed by atoms with Gasteiger partial charge < -0.3 is 5.73 Å². The number of nitrogens with zero attached hydrogens (tertiary/aromatic N) is 1. The highest BCUT2D eigenvalue weighted by molar-refractivity contribution is 7.90. The molecule has 1 aliphatic heterocycles. The Balaban J connectivity index is 2.28. The van der Waals surface area contributed by atoms with Crippen molar-refractivity contribution in [3.63, 3.8) is 0 Å². The number of halogens is 1. The van der Waals surface area contributed by atoms with Gasteiger partial charge in [0.05, 0.1) is 11.3 Å². The summed E-state index contributed by atoms with van der Waals surface area (Å²) in [5, 5.41) is 0. The smallest absolute Gasteiger partial charge is 0.301 e. The molecule has 2 rings (SSSR count). The average molecular weight is 331 g/mol. The molecule has 8 heteroatoms. The Morgan fingerprint density at radius 2 is 1.86 bits per heavy atom. The molecule has 1 aromatic carbocycles. The molecule has 5 nitrogen and oxygen atoms in total. The fourth-order valence-corrected chi connectivity index (χ4v) is 3.87. The monoisotopic (exact) mass is 331 g/mol. The van der Waals surface area contributed by atoms with E-state index >= 15 is 0 Å². The minimum Gasteiger partial charge on any atom is -0.389 e. The number of nitrogens with one attached hydrogen (secondary N) is 1. The topological polar surface area (TPSA) is 75.4 Å². The van der Waals surface area contributed by atoms with Gasteiger partial charge in [0, 0.05) is 13.1 Å². The van der Waals surface area contributed by atoms with E-state index < -0.39 is 16.0 Å². The number of nitrogens with two attached hydrogens (primary N) is 1. The SMILES string of the molecule is NC(=S)c1c(F)cccc1NS(=O)(=O)N1CCCCCC1. The first kappa shape index (κ1) is 16.1. The fraction of sp³-hybridized carbons (Fsp3) is 0.462. The van der Waals surface area contributed by atoms with Gasteiger partial charge in [-0.05, 0) is 25.0 Å². The number of hydrogen-bond acceptors (Lipinski definition) is 3. The molecule has 1 saturated heterocycles. The summed E-state index contributed by atoms with van der Waals surface area (Å²) < 4.78 is 42.4. The molecular weight excluding hydrogens is 313 g/mol. The first-order valence-corrected chi connectivity index (χ1v) is 8.63. The van der Waals surface area contributed by atoms with Crippen LogP contribution in [0.15, 0.2) is 18.2 Å². The van der Waals surface area contributed by atoms with Crippen LogP contribution in [-0.2, 0) is 10.2 Å². The van der Waals surface area contributed by atoms with E-state index in [9.17, 15) is 12.8 Å². The van der Waals surface area contributed by atoms with Crippen LogP contribution in [0, 0.1) is 5.82 Å². The van der Waals surface area contributed by atoms with Crippen molar-refractivity contribution in [1.82, 2.24) is 4.31 Å². The lowest BCUT2D eigenvalue weighted by molar-refractivity contribution is 0.427. The van der Waals surface area contributed by atoms with Crippen molar-refractivity contribution in [2.45, 2.75) is 25.7 Å². The number of hydrogen-bond donors (Lipinski definition) is 2. The molecule has 0 amide bonds. The largest absolute Gasteiger partial charge is 0.389 e. The molecule has 0 aliphatic carbocycles. The molecule has 0 saturated carbocycles. The maximum absolute atomic E-state index is 13.8. The van der Waals surface area contributed by atoms with Gasteiger partial charge >= 0.3 is 10.2 Å². The summed E-state index contributed by atoms with van der Waals surface area (Å²) in [6.45, 7) is 0.931. The molecule has 1 fully saturated rings. The highest BCUT2D eigenvalue weighted by atomic mass is 32.2. The summed E-state index contributed by atoms with van der Waals surface area (Å²) in [7, 11) is -3.73. The van der Waals surface area contributed by atoms with Crippen LogP contribution < -0.4 is 10.5 Å². The van der Waals surface area contributed by atoms with Crippen molar-refractivity contribution in [2.75, 3.05) is 17.8 Å². The van der Waals surface area contributed by atoms with Crippen LogP contribution in [0.2, 0.25) is 0 Å². The van der Waals surface area contributed by atoms with Crippen LogP contribution in [0.5, 0.6) is 0 Å². The molecule has 0 atom stereocenters. The van der Waals surface area contributed by atoms with Gasteiger partial charge in [-0.1, -0.05) is 31.1 Å². The second-order valence-corrected chi connectivity index (χ2v) is 7.06. The summed E-state index contributed by atoms with van der Waals surface area (Å²) in [6, 6.07) is 4.06. The quantitative estimate of drug-likeness (QED) is 0.828. The Morgan fingerprint density at radius 1 is 1.24 bits per heavy atom. The fourth-order valence-electron chi connectivity index (χ4n) is 2.35. The van der Waals surface area contributed by atoms with Crippen LogP contribution in [0.1, 0.15) is 31.2 Å². The molecule has 0 spiro atoms. The first-order chi connectivity index (χ1) is 9.92. The maximum Gasteiger partial charge on any atom is 0.301 e. The van der Waals surface area contributed by atoms with Gasteiger partial charge in [0.2, 0.25) is 0 Å². The Bertz CT molecular complexity index is 626. The normalized spacial score (nSPS) is 17.2. The maximum atomic E-state index is 13.8. The molecule has 0 aromatic heterocycles. The molecule has 21 heavy (non-hydrogen) atoms. The molecular formula is C13H18FN3O2S2. The lowest BCUT2D eigenvalue weighted by atomic mass is 10.2. The van der Waals surface area contributed by atoms with E-state index in [1.807, 2.05) is 0 Å². The Hall–Kier alpha value is -1.25. The summed E-state index contributed by atoms with van der Waals surface area (Å²) in [5.74, 6) is -0.640. The minimum atomic E-state index is -3.73. The number of rotatable bonds is 4. The molecule has 1 aromatic rings. The number of anilines is 1. The van der Waals surface area contributed by atoms with Crippen LogP contribution in [0.25, 0.3) is 0 Å². The predicted molar refractivity (Wildman–Crippen MR) is 84.9 cm³/mol. The van der Waals surface area contributed by atoms with Crippen LogP contribution in [-0.4, -0.2) is 30.8 Å². The zero-order chi connectivity index (χ0) is 15.5. The highest BCUT2D eigenvalue weighted by Crippen LogP contribution is 2.22. The zero-order valence-corrected chi connectivity index (χ0v) is 13.1. The van der Waals surface area contributed by atoms with E-state index in [0.29, 0.717) is 13.1 Å². The third kappa shape index (κ3) is 3.90. The van der Waals surface area contributed by atoms with Crippen LogP contribution in [0.4, 0.5) is 10.1 Å².